The van der Waals surface area contributed by atoms with E-state index >= 15 is 0 Å². The first-order valence-corrected chi connectivity index (χ1v) is 12.6. The summed E-state index contributed by atoms with van der Waals surface area (Å²) in [6.07, 6.45) is 2.72. The molecule has 0 spiro atoms. The van der Waals surface area contributed by atoms with Gasteiger partial charge in [0.05, 0.1) is 20.1 Å². The summed E-state index contributed by atoms with van der Waals surface area (Å²) in [5.74, 6) is 2.17. The topological polar surface area (TPSA) is 80.9 Å². The van der Waals surface area contributed by atoms with Crippen LogP contribution >= 0.6 is 0 Å². The summed E-state index contributed by atoms with van der Waals surface area (Å²) in [5.41, 5.74) is 3.16. The van der Waals surface area contributed by atoms with Crippen LogP contribution in [0.2, 0.25) is 0 Å². The molecule has 36 heavy (non-hydrogen) atoms. The molecule has 0 bridgehead atoms. The Labute approximate surface area is 213 Å². The monoisotopic (exact) mass is 492 g/mol. The Bertz CT molecular complexity index is 1160. The minimum Gasteiger partial charge on any atom is -0.493 e. The molecule has 4 rings (SSSR count). The summed E-state index contributed by atoms with van der Waals surface area (Å²) in [4.78, 5) is 22.6. The minimum atomic E-state index is -0.0673. The van der Waals surface area contributed by atoms with Crippen molar-refractivity contribution in [2.24, 2.45) is 5.92 Å². The number of rotatable bonds is 9. The molecule has 0 N–H and O–H groups in total. The molecular weight excluding hydrogens is 456 g/mol. The van der Waals surface area contributed by atoms with Crippen molar-refractivity contribution in [1.29, 1.82) is 0 Å². The van der Waals surface area contributed by atoms with Crippen LogP contribution in [0.3, 0.4) is 0 Å². The van der Waals surface area contributed by atoms with Gasteiger partial charge in [-0.15, -0.1) is 0 Å². The van der Waals surface area contributed by atoms with Crippen LogP contribution in [0.4, 0.5) is 5.69 Å². The number of ether oxygens (including phenoxy) is 2. The van der Waals surface area contributed by atoms with Gasteiger partial charge in [0.2, 0.25) is 17.6 Å². The second-order valence-corrected chi connectivity index (χ2v) is 9.43. The van der Waals surface area contributed by atoms with Gasteiger partial charge in [0.15, 0.2) is 11.5 Å². The van der Waals surface area contributed by atoms with E-state index in [1.54, 1.807) is 14.2 Å². The zero-order chi connectivity index (χ0) is 25.7. The molecule has 1 aromatic heterocycles. The molecule has 8 heteroatoms. The first-order valence-electron chi connectivity index (χ1n) is 12.6. The smallest absolute Gasteiger partial charge is 0.246 e. The van der Waals surface area contributed by atoms with Gasteiger partial charge in [0.25, 0.3) is 0 Å². The van der Waals surface area contributed by atoms with E-state index in [2.05, 4.69) is 60.1 Å². The van der Waals surface area contributed by atoms with Crippen molar-refractivity contribution >= 4 is 11.6 Å². The van der Waals surface area contributed by atoms with Crippen molar-refractivity contribution in [1.82, 2.24) is 15.0 Å². The lowest BCUT2D eigenvalue weighted by Gasteiger charge is -2.37. The maximum atomic E-state index is 13.7. The molecule has 1 fully saturated rings. The SMILES string of the molecule is CC[C@@H](C)N(Cc1nc(-c2ccc(OC)c(OC)c2)no1)C(=O)[C@H]1CCCN(c2ccc(C)cc2)C1. The molecule has 2 heterocycles. The molecule has 1 aliphatic rings. The first kappa shape index (κ1) is 25.5. The molecule has 0 unspecified atom stereocenters. The average Bonchev–Trinajstić information content (AvgIpc) is 3.39. The van der Waals surface area contributed by atoms with E-state index in [1.165, 1.54) is 11.3 Å². The Morgan fingerprint density at radius 3 is 2.61 bits per heavy atom. The Kier molecular flexibility index (Phi) is 8.13. The van der Waals surface area contributed by atoms with Crippen LogP contribution in [-0.4, -0.2) is 54.3 Å². The lowest BCUT2D eigenvalue weighted by atomic mass is 9.95. The van der Waals surface area contributed by atoms with Crippen LogP contribution in [0, 0.1) is 12.8 Å². The van der Waals surface area contributed by atoms with Crippen molar-refractivity contribution in [3.63, 3.8) is 0 Å². The maximum absolute atomic E-state index is 13.7. The van der Waals surface area contributed by atoms with E-state index in [9.17, 15) is 4.79 Å². The number of aromatic nitrogens is 2. The lowest BCUT2D eigenvalue weighted by Crippen LogP contribution is -2.47. The number of piperidine rings is 1. The highest BCUT2D eigenvalue weighted by Gasteiger charge is 2.32. The molecule has 0 saturated carbocycles. The van der Waals surface area contributed by atoms with Gasteiger partial charge in [-0.25, -0.2) is 0 Å². The van der Waals surface area contributed by atoms with Crippen LogP contribution in [0.25, 0.3) is 11.4 Å². The fraction of sp³-hybridized carbons (Fsp3) is 0.464. The third kappa shape index (κ3) is 5.64. The van der Waals surface area contributed by atoms with Crippen molar-refractivity contribution < 1.29 is 18.8 Å². The second kappa shape index (κ2) is 11.5. The van der Waals surface area contributed by atoms with E-state index in [0.717, 1.165) is 37.9 Å². The van der Waals surface area contributed by atoms with Gasteiger partial charge in [-0.05, 0) is 63.4 Å². The molecule has 3 aromatic rings. The number of hydrogen-bond donors (Lipinski definition) is 0. The first-order chi connectivity index (χ1) is 17.4. The van der Waals surface area contributed by atoms with Gasteiger partial charge in [0.1, 0.15) is 6.54 Å². The van der Waals surface area contributed by atoms with Crippen LogP contribution in [0.5, 0.6) is 11.5 Å². The van der Waals surface area contributed by atoms with Gasteiger partial charge < -0.3 is 23.8 Å². The summed E-state index contributed by atoms with van der Waals surface area (Å²) >= 11 is 0. The van der Waals surface area contributed by atoms with E-state index in [-0.39, 0.29) is 24.4 Å². The largest absolute Gasteiger partial charge is 0.493 e. The van der Waals surface area contributed by atoms with E-state index < -0.39 is 0 Å². The Morgan fingerprint density at radius 2 is 1.92 bits per heavy atom. The molecular formula is C28H36N4O4. The highest BCUT2D eigenvalue weighted by Crippen LogP contribution is 2.31. The number of benzene rings is 2. The van der Waals surface area contributed by atoms with Crippen LogP contribution in [0.1, 0.15) is 44.6 Å². The summed E-state index contributed by atoms with van der Waals surface area (Å²) in [6, 6.07) is 14.1. The van der Waals surface area contributed by atoms with Crippen molar-refractivity contribution in [2.75, 3.05) is 32.2 Å². The number of amides is 1. The molecule has 1 aliphatic heterocycles. The Morgan fingerprint density at radius 1 is 1.17 bits per heavy atom. The van der Waals surface area contributed by atoms with Gasteiger partial charge in [-0.2, -0.15) is 4.98 Å². The third-order valence-corrected chi connectivity index (χ3v) is 6.99. The number of methoxy groups -OCH3 is 2. The fourth-order valence-corrected chi connectivity index (χ4v) is 4.63. The quantitative estimate of drug-likeness (QED) is 0.411. The van der Waals surface area contributed by atoms with Crippen molar-refractivity contribution in [3.8, 4) is 22.9 Å². The number of carbonyl (C=O) groups is 1. The van der Waals surface area contributed by atoms with Crippen LogP contribution in [0.15, 0.2) is 47.0 Å². The Hall–Kier alpha value is -3.55. The van der Waals surface area contributed by atoms with E-state index in [0.29, 0.717) is 23.2 Å². The highest BCUT2D eigenvalue weighted by atomic mass is 16.5. The van der Waals surface area contributed by atoms with Crippen molar-refractivity contribution in [2.45, 2.75) is 52.6 Å². The van der Waals surface area contributed by atoms with Gasteiger partial charge in [-0.1, -0.05) is 29.8 Å². The Balaban J connectivity index is 1.50. The van der Waals surface area contributed by atoms with Gasteiger partial charge in [-0.3, -0.25) is 4.79 Å². The summed E-state index contributed by atoms with van der Waals surface area (Å²) in [6.45, 7) is 8.22. The molecule has 2 aromatic carbocycles. The normalized spacial score (nSPS) is 16.5. The zero-order valence-corrected chi connectivity index (χ0v) is 21.9. The average molecular weight is 493 g/mol. The molecule has 1 amide bonds. The number of nitrogens with zero attached hydrogens (tertiary/aromatic N) is 4. The summed E-state index contributed by atoms with van der Waals surface area (Å²) < 4.78 is 16.3. The summed E-state index contributed by atoms with van der Waals surface area (Å²) in [5, 5.41) is 4.16. The predicted octanol–water partition coefficient (Wildman–Crippen LogP) is 5.11. The predicted molar refractivity (Wildman–Crippen MR) is 139 cm³/mol. The molecule has 2 atom stereocenters. The van der Waals surface area contributed by atoms with Crippen LogP contribution < -0.4 is 14.4 Å². The number of carbonyl (C=O) groups excluding carboxylic acids is 1. The molecule has 0 aliphatic carbocycles. The lowest BCUT2D eigenvalue weighted by molar-refractivity contribution is -0.139. The van der Waals surface area contributed by atoms with Gasteiger partial charge >= 0.3 is 0 Å². The van der Waals surface area contributed by atoms with E-state index in [4.69, 9.17) is 14.0 Å². The fourth-order valence-electron chi connectivity index (χ4n) is 4.63. The van der Waals surface area contributed by atoms with Crippen LogP contribution in [-0.2, 0) is 11.3 Å². The molecule has 1 saturated heterocycles. The standard InChI is InChI=1S/C28H36N4O4/c1-6-20(3)32(28(33)22-8-7-15-31(17-22)23-12-9-19(2)10-13-23)18-26-29-27(30-36-26)21-11-14-24(34-4)25(16-21)35-5/h9-14,16,20,22H,6-8,15,17-18H2,1-5H3/t20-,22+/m1/s1. The maximum Gasteiger partial charge on any atom is 0.246 e. The molecule has 8 nitrogen and oxygen atoms in total. The second-order valence-electron chi connectivity index (χ2n) is 9.43. The molecule has 0 radical (unpaired) electrons. The van der Waals surface area contributed by atoms with Crippen molar-refractivity contribution in [3.05, 3.63) is 53.9 Å². The number of anilines is 1. The van der Waals surface area contributed by atoms with E-state index in [1.807, 2.05) is 23.1 Å². The zero-order valence-electron chi connectivity index (χ0n) is 21.9. The third-order valence-electron chi connectivity index (χ3n) is 6.99. The van der Waals surface area contributed by atoms with Gasteiger partial charge in [0, 0.05) is 30.4 Å². The number of aryl methyl sites for hydroxylation is 1. The minimum absolute atomic E-state index is 0.0590. The molecule has 192 valence electrons. The number of hydrogen-bond acceptors (Lipinski definition) is 7. The summed E-state index contributed by atoms with van der Waals surface area (Å²) in [7, 11) is 3.18. The highest BCUT2D eigenvalue weighted by molar-refractivity contribution is 5.80.